The lowest BCUT2D eigenvalue weighted by atomic mass is 10.2. The number of carbonyl (C=O) groups excluding carboxylic acids is 1. The summed E-state index contributed by atoms with van der Waals surface area (Å²) in [6, 6.07) is 23.8. The van der Waals surface area contributed by atoms with E-state index in [0.29, 0.717) is 16.5 Å². The molecule has 10 heteroatoms. The molecule has 196 valence electrons. The van der Waals surface area contributed by atoms with E-state index in [-0.39, 0.29) is 4.90 Å². The highest BCUT2D eigenvalue weighted by Gasteiger charge is 2.27. The quantitative estimate of drug-likeness (QED) is 0.232. The van der Waals surface area contributed by atoms with Gasteiger partial charge in [0.25, 0.3) is 15.9 Å². The molecule has 0 unspecified atom stereocenters. The van der Waals surface area contributed by atoms with Crippen LogP contribution in [0.1, 0.15) is 17.0 Å². The molecule has 0 aliphatic rings. The van der Waals surface area contributed by atoms with Crippen LogP contribution in [-0.2, 0) is 14.8 Å². The van der Waals surface area contributed by atoms with E-state index in [1.54, 1.807) is 42.5 Å². The third-order valence-electron chi connectivity index (χ3n) is 5.94. The lowest BCUT2D eigenvalue weighted by Gasteiger charge is -2.23. The Morgan fingerprint density at radius 1 is 1.03 bits per heavy atom. The fraction of sp³-hybridized carbons (Fsp3) is 0.143. The number of methoxy groups -OCH3 is 1. The molecule has 0 aliphatic carbocycles. The van der Waals surface area contributed by atoms with Crippen LogP contribution < -0.4 is 14.5 Å². The number of carbonyl (C=O) groups is 1. The average molecular weight is 551 g/mol. The minimum Gasteiger partial charge on any atom is -0.497 e. The van der Waals surface area contributed by atoms with Crippen LogP contribution in [0, 0.1) is 13.8 Å². The van der Waals surface area contributed by atoms with Gasteiger partial charge in [-0.05, 0) is 68.4 Å². The normalized spacial score (nSPS) is 11.5. The number of benzene rings is 3. The molecule has 4 aromatic rings. The Kier molecular flexibility index (Phi) is 8.19. The second kappa shape index (κ2) is 11.5. The van der Waals surface area contributed by atoms with Crippen molar-refractivity contribution in [3.05, 3.63) is 107 Å². The molecule has 0 aliphatic heterocycles. The number of ether oxygens (including phenoxy) is 1. The predicted molar refractivity (Wildman–Crippen MR) is 150 cm³/mol. The van der Waals surface area contributed by atoms with Crippen LogP contribution in [0.3, 0.4) is 0 Å². The minimum absolute atomic E-state index is 0.0686. The highest BCUT2D eigenvalue weighted by atomic mass is 35.5. The minimum atomic E-state index is -4.03. The van der Waals surface area contributed by atoms with Crippen molar-refractivity contribution < 1.29 is 17.9 Å². The van der Waals surface area contributed by atoms with Crippen LogP contribution in [0.4, 0.5) is 5.69 Å². The molecular formula is C28H27ClN4O4S. The van der Waals surface area contributed by atoms with E-state index >= 15 is 0 Å². The number of aromatic nitrogens is 1. The average Bonchev–Trinajstić information content (AvgIpc) is 3.20. The molecule has 4 rings (SSSR count). The van der Waals surface area contributed by atoms with Crippen LogP contribution in [0.25, 0.3) is 5.69 Å². The van der Waals surface area contributed by atoms with Crippen molar-refractivity contribution in [2.75, 3.05) is 18.0 Å². The number of nitrogens with one attached hydrogen (secondary N) is 1. The van der Waals surface area contributed by atoms with Crippen LogP contribution in [0.15, 0.2) is 94.9 Å². The number of aryl methyl sites for hydroxylation is 1. The molecule has 38 heavy (non-hydrogen) atoms. The first kappa shape index (κ1) is 27.0. The van der Waals surface area contributed by atoms with Gasteiger partial charge in [0.1, 0.15) is 12.3 Å². The topological polar surface area (TPSA) is 93.0 Å². The second-order valence-electron chi connectivity index (χ2n) is 8.43. The number of amides is 1. The van der Waals surface area contributed by atoms with Gasteiger partial charge in [-0.25, -0.2) is 13.8 Å². The molecule has 0 radical (unpaired) electrons. The standard InChI is InChI=1S/C28H27ClN4O4S/c1-20-17-22(21(2)33(20)27-12-8-7-11-26(27)29)18-30-31-28(34)19-32(23-13-15-24(37-3)16-14-23)38(35,36)25-9-5-4-6-10-25/h4-18H,19H2,1-3H3,(H,31,34)/b30-18-. The van der Waals surface area contributed by atoms with E-state index in [4.69, 9.17) is 16.3 Å². The summed E-state index contributed by atoms with van der Waals surface area (Å²) < 4.78 is 35.1. The van der Waals surface area contributed by atoms with E-state index in [1.165, 1.54) is 25.5 Å². The van der Waals surface area contributed by atoms with Crippen molar-refractivity contribution in [2.45, 2.75) is 18.7 Å². The van der Waals surface area contributed by atoms with Crippen molar-refractivity contribution in [1.82, 2.24) is 9.99 Å². The summed E-state index contributed by atoms with van der Waals surface area (Å²) in [5.74, 6) is -0.0364. The fourth-order valence-corrected chi connectivity index (χ4v) is 5.71. The zero-order valence-electron chi connectivity index (χ0n) is 21.1. The Hall–Kier alpha value is -4.08. The maximum absolute atomic E-state index is 13.4. The zero-order valence-corrected chi connectivity index (χ0v) is 22.7. The van der Waals surface area contributed by atoms with Crippen LogP contribution in [0.2, 0.25) is 5.02 Å². The van der Waals surface area contributed by atoms with Gasteiger partial charge in [0, 0.05) is 17.0 Å². The van der Waals surface area contributed by atoms with Crippen molar-refractivity contribution in [3.63, 3.8) is 0 Å². The largest absolute Gasteiger partial charge is 0.497 e. The van der Waals surface area contributed by atoms with E-state index in [0.717, 1.165) is 26.9 Å². The van der Waals surface area contributed by atoms with Gasteiger partial charge in [0.15, 0.2) is 0 Å². The first-order valence-electron chi connectivity index (χ1n) is 11.7. The van der Waals surface area contributed by atoms with E-state index < -0.39 is 22.5 Å². The summed E-state index contributed by atoms with van der Waals surface area (Å²) >= 11 is 6.38. The van der Waals surface area contributed by atoms with Gasteiger partial charge in [-0.2, -0.15) is 5.10 Å². The maximum Gasteiger partial charge on any atom is 0.264 e. The number of sulfonamides is 1. The molecule has 0 saturated heterocycles. The second-order valence-corrected chi connectivity index (χ2v) is 10.7. The zero-order chi connectivity index (χ0) is 27.3. The molecule has 0 spiro atoms. The van der Waals surface area contributed by atoms with Crippen LogP contribution in [-0.4, -0.2) is 38.8 Å². The Morgan fingerprint density at radius 3 is 2.34 bits per heavy atom. The number of hydrogen-bond acceptors (Lipinski definition) is 5. The molecule has 1 heterocycles. The smallest absolute Gasteiger partial charge is 0.264 e. The summed E-state index contributed by atoms with van der Waals surface area (Å²) in [7, 11) is -2.51. The maximum atomic E-state index is 13.4. The molecule has 1 N–H and O–H groups in total. The van der Waals surface area contributed by atoms with Gasteiger partial charge in [-0.3, -0.25) is 9.10 Å². The van der Waals surface area contributed by atoms with Crippen molar-refractivity contribution >= 4 is 39.4 Å². The number of nitrogens with zero attached hydrogens (tertiary/aromatic N) is 3. The van der Waals surface area contributed by atoms with Crippen molar-refractivity contribution in [2.24, 2.45) is 5.10 Å². The number of halogens is 1. The van der Waals surface area contributed by atoms with Crippen molar-refractivity contribution in [1.29, 1.82) is 0 Å². The number of hydrazone groups is 1. The number of anilines is 1. The molecular weight excluding hydrogens is 524 g/mol. The SMILES string of the molecule is COc1ccc(N(CC(=O)N/N=C\c2cc(C)n(-c3ccccc3Cl)c2C)S(=O)(=O)c2ccccc2)cc1. The van der Waals surface area contributed by atoms with Crippen LogP contribution in [0.5, 0.6) is 5.75 Å². The summed E-state index contributed by atoms with van der Waals surface area (Å²) in [6.45, 7) is 3.41. The molecule has 0 atom stereocenters. The monoisotopic (exact) mass is 550 g/mol. The number of hydrogen-bond donors (Lipinski definition) is 1. The van der Waals surface area contributed by atoms with E-state index in [9.17, 15) is 13.2 Å². The Bertz CT molecular complexity index is 1570. The summed E-state index contributed by atoms with van der Waals surface area (Å²) in [4.78, 5) is 12.9. The molecule has 0 saturated carbocycles. The van der Waals surface area contributed by atoms with Gasteiger partial charge in [0.05, 0.1) is 34.6 Å². The lowest BCUT2D eigenvalue weighted by Crippen LogP contribution is -2.39. The van der Waals surface area contributed by atoms with Crippen molar-refractivity contribution in [3.8, 4) is 11.4 Å². The summed E-state index contributed by atoms with van der Waals surface area (Å²) in [5.41, 5.74) is 6.23. The van der Waals surface area contributed by atoms with Gasteiger partial charge in [0.2, 0.25) is 0 Å². The molecule has 1 amide bonds. The van der Waals surface area contributed by atoms with Gasteiger partial charge >= 0.3 is 0 Å². The van der Waals surface area contributed by atoms with E-state index in [2.05, 4.69) is 10.5 Å². The van der Waals surface area contributed by atoms with Crippen LogP contribution >= 0.6 is 11.6 Å². The fourth-order valence-electron chi connectivity index (χ4n) is 4.04. The van der Waals surface area contributed by atoms with Gasteiger partial charge < -0.3 is 9.30 Å². The molecule has 3 aromatic carbocycles. The highest BCUT2D eigenvalue weighted by molar-refractivity contribution is 7.92. The van der Waals surface area contributed by atoms with Gasteiger partial charge in [-0.15, -0.1) is 0 Å². The first-order chi connectivity index (χ1) is 18.2. The van der Waals surface area contributed by atoms with E-state index in [1.807, 2.05) is 48.7 Å². The highest BCUT2D eigenvalue weighted by Crippen LogP contribution is 2.27. The lowest BCUT2D eigenvalue weighted by molar-refractivity contribution is -0.119. The number of rotatable bonds is 9. The Balaban J connectivity index is 1.55. The molecule has 0 fully saturated rings. The summed E-state index contributed by atoms with van der Waals surface area (Å²) in [5, 5.41) is 4.70. The number of para-hydroxylation sites is 1. The Labute approximate surface area is 227 Å². The molecule has 8 nitrogen and oxygen atoms in total. The predicted octanol–water partition coefficient (Wildman–Crippen LogP) is 5.10. The third-order valence-corrected chi connectivity index (χ3v) is 8.04. The molecule has 0 bridgehead atoms. The summed E-state index contributed by atoms with van der Waals surface area (Å²) in [6.07, 6.45) is 1.52. The Morgan fingerprint density at radius 2 is 1.68 bits per heavy atom. The molecule has 1 aromatic heterocycles. The third kappa shape index (κ3) is 5.74. The first-order valence-corrected chi connectivity index (χ1v) is 13.5. The van der Waals surface area contributed by atoms with Gasteiger partial charge in [-0.1, -0.05) is 41.9 Å².